The highest BCUT2D eigenvalue weighted by Crippen LogP contribution is 2.28. The summed E-state index contributed by atoms with van der Waals surface area (Å²) in [7, 11) is 0. The van der Waals surface area contributed by atoms with E-state index in [0.717, 1.165) is 37.8 Å². The van der Waals surface area contributed by atoms with Crippen molar-refractivity contribution in [1.82, 2.24) is 9.80 Å². The van der Waals surface area contributed by atoms with Gasteiger partial charge in [0.25, 0.3) is 0 Å². The predicted molar refractivity (Wildman–Crippen MR) is 81.8 cm³/mol. The van der Waals surface area contributed by atoms with Crippen LogP contribution in [-0.2, 0) is 10.4 Å². The first-order chi connectivity index (χ1) is 10.1. The van der Waals surface area contributed by atoms with E-state index >= 15 is 0 Å². The molecule has 1 saturated heterocycles. The van der Waals surface area contributed by atoms with Crippen molar-refractivity contribution in [3.8, 4) is 0 Å². The van der Waals surface area contributed by atoms with Crippen LogP contribution in [0.3, 0.4) is 0 Å². The summed E-state index contributed by atoms with van der Waals surface area (Å²) < 4.78 is 0. The molecule has 1 aromatic rings. The Morgan fingerprint density at radius 2 is 1.81 bits per heavy atom. The summed E-state index contributed by atoms with van der Waals surface area (Å²) in [5.41, 5.74) is -0.290. The largest absolute Gasteiger partial charge is 0.385 e. The van der Waals surface area contributed by atoms with Crippen molar-refractivity contribution in [2.75, 3.05) is 26.2 Å². The molecule has 2 fully saturated rings. The van der Waals surface area contributed by atoms with Crippen LogP contribution in [0.4, 0.5) is 0 Å². The maximum absolute atomic E-state index is 12.4. The van der Waals surface area contributed by atoms with Crippen LogP contribution in [0.15, 0.2) is 30.3 Å². The Hall–Kier alpha value is -1.39. The Morgan fingerprint density at radius 1 is 1.19 bits per heavy atom. The SMILES string of the molecule is CC(O)(CC(=O)N1CCN(C2CC2)CC1)c1ccccc1. The molecule has 1 aliphatic heterocycles. The summed E-state index contributed by atoms with van der Waals surface area (Å²) in [4.78, 5) is 16.8. The molecular weight excluding hydrogens is 264 g/mol. The average molecular weight is 288 g/mol. The number of carbonyl (C=O) groups excluding carboxylic acids is 1. The zero-order chi connectivity index (χ0) is 14.9. The number of rotatable bonds is 4. The third-order valence-electron chi connectivity index (χ3n) is 4.62. The first-order valence-electron chi connectivity index (χ1n) is 7.86. The van der Waals surface area contributed by atoms with E-state index in [1.54, 1.807) is 6.92 Å². The maximum atomic E-state index is 12.4. The zero-order valence-electron chi connectivity index (χ0n) is 12.7. The molecule has 2 aliphatic rings. The first kappa shape index (κ1) is 14.5. The van der Waals surface area contributed by atoms with Gasteiger partial charge in [0.2, 0.25) is 5.91 Å². The Bertz CT molecular complexity index is 489. The third-order valence-corrected chi connectivity index (χ3v) is 4.62. The molecule has 0 aromatic heterocycles. The van der Waals surface area contributed by atoms with E-state index in [2.05, 4.69) is 4.90 Å². The second-order valence-electron chi connectivity index (χ2n) is 6.46. The summed E-state index contributed by atoms with van der Waals surface area (Å²) >= 11 is 0. The quantitative estimate of drug-likeness (QED) is 0.915. The number of nitrogens with zero attached hydrogens (tertiary/aromatic N) is 2. The molecule has 1 aliphatic carbocycles. The summed E-state index contributed by atoms with van der Waals surface area (Å²) in [5.74, 6) is 0.0549. The van der Waals surface area contributed by atoms with Crippen molar-refractivity contribution in [1.29, 1.82) is 0 Å². The summed E-state index contributed by atoms with van der Waals surface area (Å²) in [6, 6.07) is 10.2. The topological polar surface area (TPSA) is 43.8 Å². The highest BCUT2D eigenvalue weighted by molar-refractivity contribution is 5.77. The van der Waals surface area contributed by atoms with Crippen LogP contribution in [0.5, 0.6) is 0 Å². The molecule has 0 spiro atoms. The first-order valence-corrected chi connectivity index (χ1v) is 7.86. The van der Waals surface area contributed by atoms with Crippen LogP contribution in [0.25, 0.3) is 0 Å². The van der Waals surface area contributed by atoms with Crippen molar-refractivity contribution in [3.05, 3.63) is 35.9 Å². The van der Waals surface area contributed by atoms with Gasteiger partial charge in [-0.15, -0.1) is 0 Å². The van der Waals surface area contributed by atoms with Crippen molar-refractivity contribution < 1.29 is 9.90 Å². The van der Waals surface area contributed by atoms with Crippen molar-refractivity contribution in [2.24, 2.45) is 0 Å². The number of amides is 1. The van der Waals surface area contributed by atoms with E-state index in [-0.39, 0.29) is 12.3 Å². The highest BCUT2D eigenvalue weighted by atomic mass is 16.3. The molecule has 1 saturated carbocycles. The van der Waals surface area contributed by atoms with E-state index in [4.69, 9.17) is 0 Å². The molecule has 4 nitrogen and oxygen atoms in total. The lowest BCUT2D eigenvalue weighted by atomic mass is 9.92. The monoisotopic (exact) mass is 288 g/mol. The van der Waals surface area contributed by atoms with Gasteiger partial charge >= 0.3 is 0 Å². The molecule has 3 rings (SSSR count). The minimum atomic E-state index is -1.09. The number of piperazine rings is 1. The normalized spacial score (nSPS) is 22.9. The van der Waals surface area contributed by atoms with Gasteiger partial charge in [-0.05, 0) is 25.3 Å². The van der Waals surface area contributed by atoms with E-state index in [1.807, 2.05) is 35.2 Å². The molecule has 21 heavy (non-hydrogen) atoms. The smallest absolute Gasteiger partial charge is 0.225 e. The standard InChI is InChI=1S/C17H24N2O2/c1-17(21,14-5-3-2-4-6-14)13-16(20)19-11-9-18(10-12-19)15-7-8-15/h2-6,15,21H,7-13H2,1H3. The fraction of sp³-hybridized carbons (Fsp3) is 0.588. The predicted octanol–water partition coefficient (Wildman–Crippen LogP) is 1.59. The average Bonchev–Trinajstić information content (AvgIpc) is 3.33. The second kappa shape index (κ2) is 5.78. The van der Waals surface area contributed by atoms with Crippen LogP contribution in [0.1, 0.15) is 31.7 Å². The molecule has 1 heterocycles. The summed E-state index contributed by atoms with van der Waals surface area (Å²) in [6.07, 6.45) is 2.79. The van der Waals surface area contributed by atoms with Gasteiger partial charge < -0.3 is 10.0 Å². The van der Waals surface area contributed by atoms with Gasteiger partial charge in [-0.1, -0.05) is 30.3 Å². The van der Waals surface area contributed by atoms with Gasteiger partial charge in [-0.3, -0.25) is 9.69 Å². The zero-order valence-corrected chi connectivity index (χ0v) is 12.7. The minimum Gasteiger partial charge on any atom is -0.385 e. The molecule has 114 valence electrons. The van der Waals surface area contributed by atoms with Gasteiger partial charge in [0.05, 0.1) is 12.0 Å². The molecule has 1 aromatic carbocycles. The third kappa shape index (κ3) is 3.44. The fourth-order valence-electron chi connectivity index (χ4n) is 3.08. The van der Waals surface area contributed by atoms with Gasteiger partial charge in [0, 0.05) is 32.2 Å². The van der Waals surface area contributed by atoms with Crippen LogP contribution < -0.4 is 0 Å². The number of benzene rings is 1. The van der Waals surface area contributed by atoms with Crippen LogP contribution >= 0.6 is 0 Å². The highest BCUT2D eigenvalue weighted by Gasteiger charge is 2.34. The second-order valence-corrected chi connectivity index (χ2v) is 6.46. The van der Waals surface area contributed by atoms with Crippen LogP contribution in [-0.4, -0.2) is 53.0 Å². The summed E-state index contributed by atoms with van der Waals surface area (Å²) in [6.45, 7) is 5.26. The molecule has 1 unspecified atom stereocenters. The molecular formula is C17H24N2O2. The van der Waals surface area contributed by atoms with E-state index in [1.165, 1.54) is 12.8 Å². The van der Waals surface area contributed by atoms with E-state index in [9.17, 15) is 9.90 Å². The summed E-state index contributed by atoms with van der Waals surface area (Å²) in [5, 5.41) is 10.6. The lowest BCUT2D eigenvalue weighted by Crippen LogP contribution is -2.50. The lowest BCUT2D eigenvalue weighted by molar-refractivity contribution is -0.138. The van der Waals surface area contributed by atoms with Gasteiger partial charge in [-0.25, -0.2) is 0 Å². The number of aliphatic hydroxyl groups is 1. The number of hydrogen-bond donors (Lipinski definition) is 1. The molecule has 1 atom stereocenters. The van der Waals surface area contributed by atoms with E-state index in [0.29, 0.717) is 0 Å². The van der Waals surface area contributed by atoms with Crippen LogP contribution in [0.2, 0.25) is 0 Å². The van der Waals surface area contributed by atoms with E-state index < -0.39 is 5.60 Å². The Labute approximate surface area is 126 Å². The number of hydrogen-bond acceptors (Lipinski definition) is 3. The van der Waals surface area contributed by atoms with Gasteiger partial charge in [-0.2, -0.15) is 0 Å². The maximum Gasteiger partial charge on any atom is 0.225 e. The molecule has 0 bridgehead atoms. The Kier molecular flexibility index (Phi) is 4.00. The van der Waals surface area contributed by atoms with Crippen molar-refractivity contribution >= 4 is 5.91 Å². The van der Waals surface area contributed by atoms with Crippen LogP contribution in [0, 0.1) is 0 Å². The lowest BCUT2D eigenvalue weighted by Gasteiger charge is -2.36. The van der Waals surface area contributed by atoms with Crippen molar-refractivity contribution in [3.63, 3.8) is 0 Å². The van der Waals surface area contributed by atoms with Gasteiger partial charge in [0.15, 0.2) is 0 Å². The Morgan fingerprint density at radius 3 is 2.38 bits per heavy atom. The molecule has 1 amide bonds. The fourth-order valence-corrected chi connectivity index (χ4v) is 3.08. The molecule has 0 radical (unpaired) electrons. The van der Waals surface area contributed by atoms with Gasteiger partial charge in [0.1, 0.15) is 0 Å². The minimum absolute atomic E-state index is 0.0549. The molecule has 4 heteroatoms. The molecule has 1 N–H and O–H groups in total. The van der Waals surface area contributed by atoms with Crippen molar-refractivity contribution in [2.45, 2.75) is 37.8 Å². The number of carbonyl (C=O) groups is 1. The Balaban J connectivity index is 1.56.